The van der Waals surface area contributed by atoms with Gasteiger partial charge in [0.15, 0.2) is 0 Å². The molecular formula is C10H24N2. The van der Waals surface area contributed by atoms with Gasteiger partial charge in [0.2, 0.25) is 0 Å². The van der Waals surface area contributed by atoms with Crippen LogP contribution in [0.1, 0.15) is 34.6 Å². The summed E-state index contributed by atoms with van der Waals surface area (Å²) in [6.07, 6.45) is 0. The van der Waals surface area contributed by atoms with Gasteiger partial charge in [-0.1, -0.05) is 27.7 Å². The summed E-state index contributed by atoms with van der Waals surface area (Å²) in [4.78, 5) is 0. The van der Waals surface area contributed by atoms with Crippen molar-refractivity contribution >= 4 is 0 Å². The molecule has 2 heteroatoms. The van der Waals surface area contributed by atoms with Crippen molar-refractivity contribution in [1.29, 1.82) is 0 Å². The second kappa shape index (κ2) is 5.55. The smallest absolute Gasteiger partial charge is 0.0164 e. The van der Waals surface area contributed by atoms with Crippen LogP contribution in [0, 0.1) is 5.41 Å². The third-order valence-electron chi connectivity index (χ3n) is 1.68. The highest BCUT2D eigenvalue weighted by molar-refractivity contribution is 4.70. The Bertz CT molecular complexity index is 105. The SMILES string of the molecule is CCNCC(C)NCC(C)(C)C. The standard InChI is InChI=1S/C10H24N2/c1-6-11-7-9(2)12-8-10(3,4)5/h9,11-12H,6-8H2,1-5H3. The van der Waals surface area contributed by atoms with Crippen molar-refractivity contribution in [1.82, 2.24) is 10.6 Å². The Hall–Kier alpha value is -0.0800. The van der Waals surface area contributed by atoms with E-state index >= 15 is 0 Å². The van der Waals surface area contributed by atoms with Crippen molar-refractivity contribution in [2.45, 2.75) is 40.7 Å². The minimum absolute atomic E-state index is 0.389. The lowest BCUT2D eigenvalue weighted by Gasteiger charge is -2.22. The van der Waals surface area contributed by atoms with Crippen LogP contribution >= 0.6 is 0 Å². The molecule has 12 heavy (non-hydrogen) atoms. The molecule has 0 heterocycles. The Balaban J connectivity index is 3.37. The minimum Gasteiger partial charge on any atom is -0.315 e. The number of nitrogens with one attached hydrogen (secondary N) is 2. The van der Waals surface area contributed by atoms with Crippen LogP contribution in [0.4, 0.5) is 0 Å². The third kappa shape index (κ3) is 8.02. The summed E-state index contributed by atoms with van der Waals surface area (Å²) in [6, 6.07) is 0.573. The molecule has 0 rings (SSSR count). The fourth-order valence-electron chi connectivity index (χ4n) is 0.913. The summed E-state index contributed by atoms with van der Waals surface area (Å²) in [5.41, 5.74) is 0.389. The third-order valence-corrected chi connectivity index (χ3v) is 1.68. The highest BCUT2D eigenvalue weighted by atomic mass is 15.0. The summed E-state index contributed by atoms with van der Waals surface area (Å²) >= 11 is 0. The molecule has 0 aliphatic heterocycles. The van der Waals surface area contributed by atoms with Crippen molar-refractivity contribution in [2.24, 2.45) is 5.41 Å². The van der Waals surface area contributed by atoms with Crippen LogP contribution in [0.5, 0.6) is 0 Å². The van der Waals surface area contributed by atoms with Gasteiger partial charge in [-0.05, 0) is 18.9 Å². The molecule has 0 amide bonds. The second-order valence-electron chi connectivity index (χ2n) is 4.65. The van der Waals surface area contributed by atoms with E-state index in [1.807, 2.05) is 0 Å². The van der Waals surface area contributed by atoms with Crippen LogP contribution in [-0.2, 0) is 0 Å². The summed E-state index contributed by atoms with van der Waals surface area (Å²) in [7, 11) is 0. The van der Waals surface area contributed by atoms with E-state index in [1.54, 1.807) is 0 Å². The molecule has 0 aliphatic carbocycles. The van der Waals surface area contributed by atoms with Crippen LogP contribution in [-0.4, -0.2) is 25.7 Å². The van der Waals surface area contributed by atoms with E-state index < -0.39 is 0 Å². The first-order valence-electron chi connectivity index (χ1n) is 4.90. The molecule has 0 aromatic heterocycles. The van der Waals surface area contributed by atoms with Gasteiger partial charge < -0.3 is 10.6 Å². The maximum absolute atomic E-state index is 3.49. The summed E-state index contributed by atoms with van der Waals surface area (Å²) in [5.74, 6) is 0. The molecule has 74 valence electrons. The van der Waals surface area contributed by atoms with Gasteiger partial charge in [-0.15, -0.1) is 0 Å². The Kier molecular flexibility index (Phi) is 5.51. The normalized spacial score (nSPS) is 14.8. The fourth-order valence-corrected chi connectivity index (χ4v) is 0.913. The molecule has 2 N–H and O–H groups in total. The number of rotatable bonds is 5. The predicted octanol–water partition coefficient (Wildman–Crippen LogP) is 1.62. The first-order valence-corrected chi connectivity index (χ1v) is 4.90. The lowest BCUT2D eigenvalue weighted by atomic mass is 9.96. The van der Waals surface area contributed by atoms with Gasteiger partial charge in [-0.2, -0.15) is 0 Å². The lowest BCUT2D eigenvalue weighted by Crippen LogP contribution is -2.40. The van der Waals surface area contributed by atoms with E-state index in [0.717, 1.165) is 19.6 Å². The average molecular weight is 172 g/mol. The van der Waals surface area contributed by atoms with Crippen molar-refractivity contribution < 1.29 is 0 Å². The highest BCUT2D eigenvalue weighted by Crippen LogP contribution is 2.10. The van der Waals surface area contributed by atoms with Gasteiger partial charge in [0.1, 0.15) is 0 Å². The first-order chi connectivity index (χ1) is 5.45. The molecule has 0 spiro atoms. The predicted molar refractivity (Wildman–Crippen MR) is 55.5 cm³/mol. The molecule has 1 unspecified atom stereocenters. The van der Waals surface area contributed by atoms with E-state index in [2.05, 4.69) is 45.3 Å². The number of hydrogen-bond acceptors (Lipinski definition) is 2. The summed E-state index contributed by atoms with van der Waals surface area (Å²) < 4.78 is 0. The first kappa shape index (κ1) is 11.9. The zero-order valence-corrected chi connectivity index (χ0v) is 9.20. The van der Waals surface area contributed by atoms with Crippen LogP contribution in [0.15, 0.2) is 0 Å². The summed E-state index contributed by atoms with van der Waals surface area (Å²) in [6.45, 7) is 14.3. The minimum atomic E-state index is 0.389. The van der Waals surface area contributed by atoms with E-state index in [9.17, 15) is 0 Å². The Morgan fingerprint density at radius 3 is 2.25 bits per heavy atom. The molecule has 0 aromatic rings. The Labute approximate surface area is 77.1 Å². The molecular weight excluding hydrogens is 148 g/mol. The van der Waals surface area contributed by atoms with Crippen molar-refractivity contribution in [2.75, 3.05) is 19.6 Å². The van der Waals surface area contributed by atoms with Gasteiger partial charge in [0.05, 0.1) is 0 Å². The lowest BCUT2D eigenvalue weighted by molar-refractivity contribution is 0.352. The van der Waals surface area contributed by atoms with E-state index in [4.69, 9.17) is 0 Å². The van der Waals surface area contributed by atoms with E-state index in [-0.39, 0.29) is 0 Å². The quantitative estimate of drug-likeness (QED) is 0.658. The fraction of sp³-hybridized carbons (Fsp3) is 1.00. The molecule has 0 bridgehead atoms. The topological polar surface area (TPSA) is 24.1 Å². The van der Waals surface area contributed by atoms with Gasteiger partial charge in [0, 0.05) is 19.1 Å². The van der Waals surface area contributed by atoms with Gasteiger partial charge in [-0.25, -0.2) is 0 Å². The molecule has 0 saturated heterocycles. The maximum atomic E-state index is 3.49. The van der Waals surface area contributed by atoms with E-state index in [1.165, 1.54) is 0 Å². The molecule has 0 aromatic carbocycles. The largest absolute Gasteiger partial charge is 0.315 e. The van der Waals surface area contributed by atoms with Crippen LogP contribution < -0.4 is 10.6 Å². The Morgan fingerprint density at radius 2 is 1.83 bits per heavy atom. The number of likely N-dealkylation sites (N-methyl/N-ethyl adjacent to an activating group) is 1. The van der Waals surface area contributed by atoms with Gasteiger partial charge >= 0.3 is 0 Å². The molecule has 0 aliphatic rings. The van der Waals surface area contributed by atoms with E-state index in [0.29, 0.717) is 11.5 Å². The second-order valence-corrected chi connectivity index (χ2v) is 4.65. The van der Waals surface area contributed by atoms with Crippen molar-refractivity contribution in [3.63, 3.8) is 0 Å². The molecule has 0 fully saturated rings. The highest BCUT2D eigenvalue weighted by Gasteiger charge is 2.10. The van der Waals surface area contributed by atoms with Crippen LogP contribution in [0.2, 0.25) is 0 Å². The molecule has 0 saturated carbocycles. The molecule has 0 radical (unpaired) electrons. The van der Waals surface area contributed by atoms with Crippen LogP contribution in [0.25, 0.3) is 0 Å². The van der Waals surface area contributed by atoms with Gasteiger partial charge in [0.25, 0.3) is 0 Å². The monoisotopic (exact) mass is 172 g/mol. The molecule has 2 nitrogen and oxygen atoms in total. The zero-order chi connectivity index (χ0) is 9.61. The molecule has 1 atom stereocenters. The Morgan fingerprint density at radius 1 is 1.25 bits per heavy atom. The zero-order valence-electron chi connectivity index (χ0n) is 9.20. The van der Waals surface area contributed by atoms with Crippen LogP contribution in [0.3, 0.4) is 0 Å². The van der Waals surface area contributed by atoms with Crippen molar-refractivity contribution in [3.05, 3.63) is 0 Å². The average Bonchev–Trinajstić information content (AvgIpc) is 1.95. The maximum Gasteiger partial charge on any atom is 0.0164 e. The number of hydrogen-bond donors (Lipinski definition) is 2. The van der Waals surface area contributed by atoms with Gasteiger partial charge in [-0.3, -0.25) is 0 Å². The summed E-state index contributed by atoms with van der Waals surface area (Å²) in [5, 5.41) is 6.82. The van der Waals surface area contributed by atoms with Crippen molar-refractivity contribution in [3.8, 4) is 0 Å².